The second-order valence-corrected chi connectivity index (χ2v) is 8.09. The molecule has 0 aliphatic carbocycles. The van der Waals surface area contributed by atoms with E-state index in [1.165, 1.54) is 16.9 Å². The second-order valence-electron chi connectivity index (χ2n) is 6.72. The number of aryl methyl sites for hydroxylation is 1. The van der Waals surface area contributed by atoms with Gasteiger partial charge >= 0.3 is 0 Å². The van der Waals surface area contributed by atoms with E-state index in [4.69, 9.17) is 0 Å². The van der Waals surface area contributed by atoms with E-state index in [2.05, 4.69) is 66.3 Å². The van der Waals surface area contributed by atoms with Crippen LogP contribution in [0.15, 0.2) is 6.07 Å². The SMILES string of the molecule is Cc1cc(C(C)C)c2c(c1C)[C@H](C)SCC2C(C)C. The number of hydrogen-bond acceptors (Lipinski definition) is 1. The van der Waals surface area contributed by atoms with Crippen molar-refractivity contribution in [2.24, 2.45) is 5.92 Å². The average molecular weight is 276 g/mol. The van der Waals surface area contributed by atoms with Crippen molar-refractivity contribution in [3.63, 3.8) is 0 Å². The van der Waals surface area contributed by atoms with Crippen molar-refractivity contribution in [1.29, 1.82) is 0 Å². The molecule has 1 aliphatic heterocycles. The molecular weight excluding hydrogens is 248 g/mol. The van der Waals surface area contributed by atoms with E-state index in [-0.39, 0.29) is 0 Å². The van der Waals surface area contributed by atoms with Crippen molar-refractivity contribution in [3.8, 4) is 0 Å². The number of fused-ring (bicyclic) bond motifs is 1. The van der Waals surface area contributed by atoms with Gasteiger partial charge < -0.3 is 0 Å². The summed E-state index contributed by atoms with van der Waals surface area (Å²) in [6, 6.07) is 2.46. The average Bonchev–Trinajstić information content (AvgIpc) is 2.32. The summed E-state index contributed by atoms with van der Waals surface area (Å²) in [5.74, 6) is 3.38. The van der Waals surface area contributed by atoms with Crippen LogP contribution < -0.4 is 0 Å². The zero-order valence-electron chi connectivity index (χ0n) is 13.5. The van der Waals surface area contributed by atoms with Gasteiger partial charge in [-0.25, -0.2) is 0 Å². The van der Waals surface area contributed by atoms with Gasteiger partial charge in [0.1, 0.15) is 0 Å². The minimum absolute atomic E-state index is 0.629. The van der Waals surface area contributed by atoms with E-state index in [9.17, 15) is 0 Å². The zero-order valence-corrected chi connectivity index (χ0v) is 14.3. The summed E-state index contributed by atoms with van der Waals surface area (Å²) in [7, 11) is 0. The summed E-state index contributed by atoms with van der Waals surface area (Å²) in [6.07, 6.45) is 0. The van der Waals surface area contributed by atoms with Crippen LogP contribution in [0.5, 0.6) is 0 Å². The van der Waals surface area contributed by atoms with Crippen LogP contribution in [-0.4, -0.2) is 5.75 Å². The Hall–Kier alpha value is -0.430. The summed E-state index contributed by atoms with van der Waals surface area (Å²) in [5.41, 5.74) is 7.95. The van der Waals surface area contributed by atoms with Crippen LogP contribution in [0, 0.1) is 19.8 Å². The predicted octanol–water partition coefficient (Wildman–Crippen LogP) is 5.97. The minimum atomic E-state index is 0.629. The summed E-state index contributed by atoms with van der Waals surface area (Å²) >= 11 is 2.14. The van der Waals surface area contributed by atoms with Crippen molar-refractivity contribution < 1.29 is 0 Å². The third-order valence-corrected chi connectivity index (χ3v) is 5.99. The molecule has 0 bridgehead atoms. The van der Waals surface area contributed by atoms with Crippen molar-refractivity contribution in [3.05, 3.63) is 33.9 Å². The van der Waals surface area contributed by atoms with Gasteiger partial charge in [0, 0.05) is 11.0 Å². The van der Waals surface area contributed by atoms with Gasteiger partial charge in [-0.05, 0) is 66.3 Å². The Labute approximate surface area is 123 Å². The van der Waals surface area contributed by atoms with E-state index >= 15 is 0 Å². The largest absolute Gasteiger partial charge is 0.153 e. The van der Waals surface area contributed by atoms with Gasteiger partial charge in [0.05, 0.1) is 0 Å². The van der Waals surface area contributed by atoms with E-state index < -0.39 is 0 Å². The molecule has 2 atom stereocenters. The van der Waals surface area contributed by atoms with Crippen LogP contribution in [0.1, 0.15) is 79.5 Å². The molecule has 0 saturated carbocycles. The summed E-state index contributed by atoms with van der Waals surface area (Å²) in [6.45, 7) is 16.4. The first kappa shape index (κ1) is 15.0. The van der Waals surface area contributed by atoms with Crippen LogP contribution in [0.2, 0.25) is 0 Å². The Morgan fingerprint density at radius 2 is 1.74 bits per heavy atom. The molecule has 106 valence electrons. The highest BCUT2D eigenvalue weighted by molar-refractivity contribution is 7.99. The molecule has 0 aromatic heterocycles. The fourth-order valence-corrected chi connectivity index (χ4v) is 4.86. The molecule has 1 aliphatic rings. The van der Waals surface area contributed by atoms with Crippen LogP contribution in [-0.2, 0) is 0 Å². The van der Waals surface area contributed by atoms with E-state index in [1.807, 2.05) is 0 Å². The normalized spacial score (nSPS) is 23.0. The first-order valence-electron chi connectivity index (χ1n) is 7.60. The van der Waals surface area contributed by atoms with Gasteiger partial charge in [-0.1, -0.05) is 33.8 Å². The molecule has 1 aromatic rings. The Balaban J connectivity index is 2.73. The highest BCUT2D eigenvalue weighted by Gasteiger charge is 2.31. The molecule has 1 heterocycles. The molecule has 1 heteroatoms. The summed E-state index contributed by atoms with van der Waals surface area (Å²) in [4.78, 5) is 0. The summed E-state index contributed by atoms with van der Waals surface area (Å²) < 4.78 is 0. The summed E-state index contributed by atoms with van der Waals surface area (Å²) in [5, 5.41) is 0.655. The molecule has 1 aromatic carbocycles. The monoisotopic (exact) mass is 276 g/mol. The van der Waals surface area contributed by atoms with Crippen LogP contribution in [0.3, 0.4) is 0 Å². The second kappa shape index (κ2) is 5.52. The predicted molar refractivity (Wildman–Crippen MR) is 88.5 cm³/mol. The Bertz CT molecular complexity index is 471. The maximum Gasteiger partial charge on any atom is 0.0274 e. The fourth-order valence-electron chi connectivity index (χ4n) is 3.35. The molecule has 1 unspecified atom stereocenters. The van der Waals surface area contributed by atoms with Crippen molar-refractivity contribution in [2.45, 2.75) is 65.6 Å². The lowest BCUT2D eigenvalue weighted by Crippen LogP contribution is -2.22. The smallest absolute Gasteiger partial charge is 0.0274 e. The van der Waals surface area contributed by atoms with Crippen molar-refractivity contribution in [1.82, 2.24) is 0 Å². The van der Waals surface area contributed by atoms with Crippen LogP contribution in [0.4, 0.5) is 0 Å². The molecule has 0 N–H and O–H groups in total. The molecule has 0 fully saturated rings. The molecule has 19 heavy (non-hydrogen) atoms. The van der Waals surface area contributed by atoms with Gasteiger partial charge in [0.25, 0.3) is 0 Å². The first-order chi connectivity index (χ1) is 8.84. The molecule has 0 spiro atoms. The standard InChI is InChI=1S/C18H28S/c1-10(2)15-8-12(5)13(6)17-14(7)19-9-16(11(3)4)18(15)17/h8,10-11,14,16H,9H2,1-7H3/t14-,16?/m0/s1. The Morgan fingerprint density at radius 3 is 2.26 bits per heavy atom. The molecule has 0 amide bonds. The lowest BCUT2D eigenvalue weighted by molar-refractivity contribution is 0.525. The van der Waals surface area contributed by atoms with Crippen LogP contribution in [0.25, 0.3) is 0 Å². The number of rotatable bonds is 2. The lowest BCUT2D eigenvalue weighted by Gasteiger charge is -2.36. The molecule has 0 radical (unpaired) electrons. The highest BCUT2D eigenvalue weighted by atomic mass is 32.2. The molecular formula is C18H28S. The number of benzene rings is 1. The molecule has 0 saturated heterocycles. The van der Waals surface area contributed by atoms with Crippen LogP contribution >= 0.6 is 11.8 Å². The first-order valence-corrected chi connectivity index (χ1v) is 8.64. The molecule has 0 nitrogen and oxygen atoms in total. The number of thioether (sulfide) groups is 1. The highest BCUT2D eigenvalue weighted by Crippen LogP contribution is 2.49. The van der Waals surface area contributed by atoms with Gasteiger partial charge in [-0.2, -0.15) is 11.8 Å². The van der Waals surface area contributed by atoms with Crippen molar-refractivity contribution in [2.75, 3.05) is 5.75 Å². The topological polar surface area (TPSA) is 0 Å². The van der Waals surface area contributed by atoms with E-state index in [1.54, 1.807) is 16.7 Å². The quantitative estimate of drug-likeness (QED) is 0.641. The Kier molecular flexibility index (Phi) is 4.35. The van der Waals surface area contributed by atoms with Gasteiger partial charge in [-0.15, -0.1) is 0 Å². The zero-order chi connectivity index (χ0) is 14.3. The third kappa shape index (κ3) is 2.59. The number of hydrogen-bond donors (Lipinski definition) is 0. The van der Waals surface area contributed by atoms with Crippen molar-refractivity contribution >= 4 is 11.8 Å². The van der Waals surface area contributed by atoms with E-state index in [0.29, 0.717) is 11.2 Å². The lowest BCUT2D eigenvalue weighted by atomic mass is 9.77. The maximum atomic E-state index is 2.46. The third-order valence-electron chi connectivity index (χ3n) is 4.70. The maximum absolute atomic E-state index is 2.46. The Morgan fingerprint density at radius 1 is 1.11 bits per heavy atom. The van der Waals surface area contributed by atoms with Gasteiger partial charge in [0.15, 0.2) is 0 Å². The van der Waals surface area contributed by atoms with E-state index in [0.717, 1.165) is 11.8 Å². The fraction of sp³-hybridized carbons (Fsp3) is 0.667. The van der Waals surface area contributed by atoms with Gasteiger partial charge in [0.2, 0.25) is 0 Å². The minimum Gasteiger partial charge on any atom is -0.153 e. The molecule has 2 rings (SSSR count). The van der Waals surface area contributed by atoms with Gasteiger partial charge in [-0.3, -0.25) is 0 Å².